The number of halogens is 3. The molecule has 2 aromatic heterocycles. The Morgan fingerprint density at radius 1 is 1.00 bits per heavy atom. The minimum atomic E-state index is -3.28. The number of hydrogen-bond acceptors (Lipinski definition) is 9. The number of alkyl halides is 2. The van der Waals surface area contributed by atoms with Crippen molar-refractivity contribution >= 4 is 22.5 Å². The van der Waals surface area contributed by atoms with E-state index in [2.05, 4.69) is 50.9 Å². The molecule has 0 bridgehead atoms. The normalized spacial score (nSPS) is 18.3. The fraction of sp³-hybridized carbons (Fsp3) is 0.594. The first-order valence-electron chi connectivity index (χ1n) is 15.4. The van der Waals surface area contributed by atoms with E-state index >= 15 is 13.2 Å². The maximum absolute atomic E-state index is 16.0. The highest BCUT2D eigenvalue weighted by Gasteiger charge is 2.45. The van der Waals surface area contributed by atoms with Crippen molar-refractivity contribution in [3.8, 4) is 5.88 Å². The van der Waals surface area contributed by atoms with Crippen molar-refractivity contribution in [2.45, 2.75) is 58.2 Å². The van der Waals surface area contributed by atoms with Gasteiger partial charge < -0.3 is 29.5 Å². The number of piperazine rings is 1. The van der Waals surface area contributed by atoms with Crippen LogP contribution in [0, 0.1) is 11.7 Å². The van der Waals surface area contributed by atoms with Gasteiger partial charge in [0.25, 0.3) is 5.92 Å². The zero-order chi connectivity index (χ0) is 31.6. The molecule has 1 aromatic carbocycles. The van der Waals surface area contributed by atoms with Crippen molar-refractivity contribution in [2.24, 2.45) is 5.92 Å². The standard InChI is InChI=1S/C32H44F3N7O2/c1-20(2)41-12-10-22(11-13-41)32(34,35)25-9-7-8-23(28(25)33)21(3)36-29-24-18-26(42-16-14-40(4)15-17-42)31(44-6)39-30(24)38-27(37-29)19-43-5/h7-9,18,20-22H,10-17,19H2,1-6H3,(H,36,37,38,39)/t21-/m1/s1. The number of nitrogens with zero attached hydrogens (tertiary/aromatic N) is 6. The van der Waals surface area contributed by atoms with Gasteiger partial charge in [-0.2, -0.15) is 4.98 Å². The molecule has 0 spiro atoms. The van der Waals surface area contributed by atoms with Crippen LogP contribution in [0.25, 0.3) is 11.0 Å². The molecule has 3 aromatic rings. The molecular weight excluding hydrogens is 571 g/mol. The zero-order valence-corrected chi connectivity index (χ0v) is 26.5. The predicted octanol–water partition coefficient (Wildman–Crippen LogP) is 5.46. The molecule has 0 radical (unpaired) electrons. The van der Waals surface area contributed by atoms with Crippen molar-refractivity contribution in [2.75, 3.05) is 70.8 Å². The van der Waals surface area contributed by atoms with Crippen LogP contribution >= 0.6 is 0 Å². The summed E-state index contributed by atoms with van der Waals surface area (Å²) in [5.74, 6) is -3.85. The number of rotatable bonds is 10. The molecule has 2 aliphatic heterocycles. The molecule has 0 aliphatic carbocycles. The number of piperidine rings is 1. The third kappa shape index (κ3) is 6.57. The first kappa shape index (κ1) is 32.2. The number of hydrogen-bond donors (Lipinski definition) is 1. The van der Waals surface area contributed by atoms with Gasteiger partial charge >= 0.3 is 0 Å². The van der Waals surface area contributed by atoms with Gasteiger partial charge in [-0.05, 0) is 59.8 Å². The lowest BCUT2D eigenvalue weighted by atomic mass is 9.85. The van der Waals surface area contributed by atoms with E-state index in [1.54, 1.807) is 27.2 Å². The summed E-state index contributed by atoms with van der Waals surface area (Å²) in [6, 6.07) is 5.82. The number of anilines is 2. The smallest absolute Gasteiger partial charge is 0.278 e. The average molecular weight is 616 g/mol. The number of likely N-dealkylation sites (N-methyl/N-ethyl adjacent to an activating group) is 1. The van der Waals surface area contributed by atoms with E-state index < -0.39 is 29.3 Å². The van der Waals surface area contributed by atoms with Crippen molar-refractivity contribution in [3.63, 3.8) is 0 Å². The summed E-state index contributed by atoms with van der Waals surface area (Å²) in [7, 11) is 5.20. The van der Waals surface area contributed by atoms with Crippen molar-refractivity contribution < 1.29 is 22.6 Å². The van der Waals surface area contributed by atoms with Crippen LogP contribution < -0.4 is 15.0 Å². The van der Waals surface area contributed by atoms with Gasteiger partial charge in [-0.1, -0.05) is 18.2 Å². The maximum Gasteiger partial charge on any atom is 0.278 e. The number of nitrogens with one attached hydrogen (secondary N) is 1. The minimum Gasteiger partial charge on any atom is -0.479 e. The van der Waals surface area contributed by atoms with Gasteiger partial charge in [0, 0.05) is 50.8 Å². The fourth-order valence-electron chi connectivity index (χ4n) is 6.22. The molecule has 4 heterocycles. The largest absolute Gasteiger partial charge is 0.479 e. The highest BCUT2D eigenvalue weighted by atomic mass is 19.3. The van der Waals surface area contributed by atoms with Crippen LogP contribution in [0.3, 0.4) is 0 Å². The molecule has 2 aliphatic rings. The first-order chi connectivity index (χ1) is 21.0. The summed E-state index contributed by atoms with van der Waals surface area (Å²) in [5.41, 5.74) is 0.791. The SMILES string of the molecule is COCc1nc(N[C@H](C)c2cccc(C(F)(F)C3CCN(C(C)C)CC3)c2F)c2cc(N3CCN(C)CC3)c(OC)nc2n1. The molecule has 240 valence electrons. The van der Waals surface area contributed by atoms with Crippen molar-refractivity contribution in [3.05, 3.63) is 47.0 Å². The lowest BCUT2D eigenvalue weighted by molar-refractivity contribution is -0.0900. The number of ether oxygens (including phenoxy) is 2. The van der Waals surface area contributed by atoms with Gasteiger partial charge in [0.2, 0.25) is 5.88 Å². The topological polar surface area (TPSA) is 78.9 Å². The minimum absolute atomic E-state index is 0.134. The number of fused-ring (bicyclic) bond motifs is 1. The second kappa shape index (κ2) is 13.4. The summed E-state index contributed by atoms with van der Waals surface area (Å²) in [5, 5.41) is 3.90. The predicted molar refractivity (Wildman–Crippen MR) is 166 cm³/mol. The fourth-order valence-corrected chi connectivity index (χ4v) is 6.22. The molecule has 0 unspecified atom stereocenters. The monoisotopic (exact) mass is 615 g/mol. The van der Waals surface area contributed by atoms with E-state index in [1.807, 2.05) is 6.07 Å². The second-order valence-corrected chi connectivity index (χ2v) is 12.2. The van der Waals surface area contributed by atoms with Crippen LogP contribution in [-0.2, 0) is 17.3 Å². The van der Waals surface area contributed by atoms with Gasteiger partial charge in [0.1, 0.15) is 23.9 Å². The van der Waals surface area contributed by atoms with E-state index in [4.69, 9.17) is 14.5 Å². The van der Waals surface area contributed by atoms with E-state index in [0.717, 1.165) is 31.9 Å². The summed E-state index contributed by atoms with van der Waals surface area (Å²) >= 11 is 0. The lowest BCUT2D eigenvalue weighted by Crippen LogP contribution is -2.44. The average Bonchev–Trinajstić information content (AvgIpc) is 3.01. The third-order valence-electron chi connectivity index (χ3n) is 8.97. The molecule has 44 heavy (non-hydrogen) atoms. The molecule has 5 rings (SSSR count). The first-order valence-corrected chi connectivity index (χ1v) is 15.4. The van der Waals surface area contributed by atoms with Gasteiger partial charge in [-0.15, -0.1) is 0 Å². The quantitative estimate of drug-likeness (QED) is 0.320. The third-order valence-corrected chi connectivity index (χ3v) is 8.97. The van der Waals surface area contributed by atoms with Crippen LogP contribution in [-0.4, -0.2) is 91.3 Å². The highest BCUT2D eigenvalue weighted by Crippen LogP contribution is 2.44. The number of methoxy groups -OCH3 is 2. The van der Waals surface area contributed by atoms with Gasteiger partial charge in [-0.25, -0.2) is 23.1 Å². The van der Waals surface area contributed by atoms with E-state index in [9.17, 15) is 0 Å². The Bertz CT molecular complexity index is 1440. The van der Waals surface area contributed by atoms with E-state index in [1.165, 1.54) is 12.1 Å². The number of aromatic nitrogens is 3. The van der Waals surface area contributed by atoms with Crippen molar-refractivity contribution in [1.82, 2.24) is 24.8 Å². The van der Waals surface area contributed by atoms with Gasteiger partial charge in [-0.3, -0.25) is 0 Å². The second-order valence-electron chi connectivity index (χ2n) is 12.2. The van der Waals surface area contributed by atoms with Crippen LogP contribution in [0.4, 0.5) is 24.7 Å². The Morgan fingerprint density at radius 3 is 2.34 bits per heavy atom. The zero-order valence-electron chi connectivity index (χ0n) is 26.5. The van der Waals surface area contributed by atoms with Gasteiger partial charge in [0.05, 0.1) is 24.1 Å². The Kier molecular flexibility index (Phi) is 9.81. The summed E-state index contributed by atoms with van der Waals surface area (Å²) < 4.78 is 58.6. The molecular formula is C32H44F3N7O2. The Hall–Kier alpha value is -3.22. The van der Waals surface area contributed by atoms with E-state index in [-0.39, 0.29) is 12.2 Å². The number of pyridine rings is 1. The Balaban J connectivity index is 1.47. The van der Waals surface area contributed by atoms with Crippen LogP contribution in [0.5, 0.6) is 5.88 Å². The maximum atomic E-state index is 16.0. The molecule has 12 heteroatoms. The molecule has 2 saturated heterocycles. The molecule has 1 atom stereocenters. The lowest BCUT2D eigenvalue weighted by Gasteiger charge is -2.38. The molecule has 9 nitrogen and oxygen atoms in total. The Labute approximate surface area is 257 Å². The van der Waals surface area contributed by atoms with Crippen LogP contribution in [0.1, 0.15) is 56.6 Å². The number of benzene rings is 1. The Morgan fingerprint density at radius 2 is 1.70 bits per heavy atom. The van der Waals surface area contributed by atoms with Crippen LogP contribution in [0.2, 0.25) is 0 Å². The summed E-state index contributed by atoms with van der Waals surface area (Å²) in [6.07, 6.45) is 0.647. The van der Waals surface area contributed by atoms with Gasteiger partial charge in [0.15, 0.2) is 11.5 Å². The van der Waals surface area contributed by atoms with Crippen LogP contribution in [0.15, 0.2) is 24.3 Å². The summed E-state index contributed by atoms with van der Waals surface area (Å²) in [4.78, 5) is 20.6. The molecule has 1 N–H and O–H groups in total. The van der Waals surface area contributed by atoms with Crippen molar-refractivity contribution in [1.29, 1.82) is 0 Å². The van der Waals surface area contributed by atoms with E-state index in [0.29, 0.717) is 60.5 Å². The molecule has 2 fully saturated rings. The molecule has 0 amide bonds. The molecule has 0 saturated carbocycles. The summed E-state index contributed by atoms with van der Waals surface area (Å²) in [6.45, 7) is 10.5. The number of likely N-dealkylation sites (tertiary alicyclic amines) is 1. The highest BCUT2D eigenvalue weighted by molar-refractivity contribution is 5.90.